The molecular weight excluding hydrogens is 254 g/mol. The van der Waals surface area contributed by atoms with Gasteiger partial charge in [0.25, 0.3) is 0 Å². The number of carbonyl (C=O) groups excluding carboxylic acids is 1. The van der Waals surface area contributed by atoms with E-state index in [9.17, 15) is 4.79 Å². The quantitative estimate of drug-likeness (QED) is 0.844. The normalized spacial score (nSPS) is 13.8. The first-order valence-corrected chi connectivity index (χ1v) is 6.48. The van der Waals surface area contributed by atoms with Crippen molar-refractivity contribution in [1.82, 2.24) is 9.55 Å². The van der Waals surface area contributed by atoms with Crippen molar-refractivity contribution in [1.29, 1.82) is 0 Å². The van der Waals surface area contributed by atoms with Gasteiger partial charge in [-0.1, -0.05) is 30.3 Å². The number of methoxy groups -OCH3 is 1. The largest absolute Gasteiger partial charge is 0.468 e. The topological polar surface area (TPSA) is 70.1 Å². The molecule has 0 amide bonds. The lowest BCUT2D eigenvalue weighted by Crippen LogP contribution is -2.46. The van der Waals surface area contributed by atoms with Crippen molar-refractivity contribution in [2.24, 2.45) is 5.73 Å². The van der Waals surface area contributed by atoms with Gasteiger partial charge in [0.05, 0.1) is 7.11 Å². The highest BCUT2D eigenvalue weighted by Crippen LogP contribution is 2.18. The monoisotopic (exact) mass is 273 g/mol. The van der Waals surface area contributed by atoms with E-state index in [2.05, 4.69) is 4.98 Å². The lowest BCUT2D eigenvalue weighted by Gasteiger charge is -2.21. The van der Waals surface area contributed by atoms with Gasteiger partial charge in [0.1, 0.15) is 11.4 Å². The molecule has 0 aliphatic rings. The Bertz CT molecular complexity index is 576. The Morgan fingerprint density at radius 1 is 1.40 bits per heavy atom. The number of esters is 1. The lowest BCUT2D eigenvalue weighted by molar-refractivity contribution is -0.146. The van der Waals surface area contributed by atoms with E-state index in [1.807, 2.05) is 41.1 Å². The molecule has 2 rings (SSSR count). The van der Waals surface area contributed by atoms with E-state index in [-0.39, 0.29) is 0 Å². The molecule has 1 atom stereocenters. The van der Waals surface area contributed by atoms with Crippen LogP contribution in [0, 0.1) is 0 Å². The summed E-state index contributed by atoms with van der Waals surface area (Å²) in [6.45, 7) is 2.28. The fraction of sp³-hybridized carbons (Fsp3) is 0.333. The van der Waals surface area contributed by atoms with Crippen LogP contribution in [0.1, 0.15) is 13.3 Å². The van der Waals surface area contributed by atoms with Gasteiger partial charge in [-0.05, 0) is 13.3 Å². The number of nitrogens with two attached hydrogens (primary N) is 1. The van der Waals surface area contributed by atoms with Crippen molar-refractivity contribution in [3.05, 3.63) is 42.7 Å². The van der Waals surface area contributed by atoms with E-state index < -0.39 is 11.5 Å². The maximum atomic E-state index is 11.6. The molecule has 1 aromatic heterocycles. The molecule has 0 radical (unpaired) electrons. The van der Waals surface area contributed by atoms with Gasteiger partial charge in [-0.15, -0.1) is 0 Å². The Hall–Kier alpha value is -2.14. The molecule has 20 heavy (non-hydrogen) atoms. The number of aromatic nitrogens is 2. The number of aryl methyl sites for hydroxylation is 1. The molecule has 5 nitrogen and oxygen atoms in total. The smallest absolute Gasteiger partial charge is 0.325 e. The minimum atomic E-state index is -0.993. The highest BCUT2D eigenvalue weighted by molar-refractivity contribution is 5.79. The minimum Gasteiger partial charge on any atom is -0.468 e. The average Bonchev–Trinajstić information content (AvgIpc) is 2.93. The van der Waals surface area contributed by atoms with Gasteiger partial charge in [0, 0.05) is 24.5 Å². The number of ether oxygens (including phenoxy) is 1. The zero-order valence-corrected chi connectivity index (χ0v) is 11.7. The summed E-state index contributed by atoms with van der Waals surface area (Å²) in [5.74, 6) is 0.463. The van der Waals surface area contributed by atoms with Crippen LogP contribution in [-0.2, 0) is 16.1 Å². The molecule has 0 aliphatic carbocycles. The van der Waals surface area contributed by atoms with Gasteiger partial charge in [-0.2, -0.15) is 0 Å². The van der Waals surface area contributed by atoms with Crippen molar-refractivity contribution in [2.45, 2.75) is 25.4 Å². The number of benzene rings is 1. The molecule has 1 aromatic carbocycles. The number of carbonyl (C=O) groups is 1. The SMILES string of the molecule is COC(=O)C(C)(N)CCn1ccnc1-c1ccccc1. The van der Waals surface area contributed by atoms with Gasteiger partial charge in [-0.3, -0.25) is 4.79 Å². The predicted molar refractivity (Wildman–Crippen MR) is 76.9 cm³/mol. The van der Waals surface area contributed by atoms with Gasteiger partial charge in [0.2, 0.25) is 0 Å². The summed E-state index contributed by atoms with van der Waals surface area (Å²) >= 11 is 0. The number of rotatable bonds is 5. The van der Waals surface area contributed by atoms with Crippen LogP contribution in [0.2, 0.25) is 0 Å². The average molecular weight is 273 g/mol. The third-order valence-corrected chi connectivity index (χ3v) is 3.27. The summed E-state index contributed by atoms with van der Waals surface area (Å²) in [6.07, 6.45) is 4.11. The first-order valence-electron chi connectivity index (χ1n) is 6.48. The van der Waals surface area contributed by atoms with Crippen molar-refractivity contribution < 1.29 is 9.53 Å². The summed E-state index contributed by atoms with van der Waals surface area (Å²) < 4.78 is 6.70. The Kier molecular flexibility index (Phi) is 4.20. The molecular formula is C15H19N3O2. The van der Waals surface area contributed by atoms with Crippen molar-refractivity contribution in [3.63, 3.8) is 0 Å². The van der Waals surface area contributed by atoms with Crippen LogP contribution in [0.4, 0.5) is 0 Å². The summed E-state index contributed by atoms with van der Waals surface area (Å²) in [7, 11) is 1.35. The van der Waals surface area contributed by atoms with Crippen LogP contribution in [0.5, 0.6) is 0 Å². The Labute approximate surface area is 118 Å². The fourth-order valence-corrected chi connectivity index (χ4v) is 2.03. The Morgan fingerprint density at radius 3 is 2.75 bits per heavy atom. The third-order valence-electron chi connectivity index (χ3n) is 3.27. The summed E-state index contributed by atoms with van der Waals surface area (Å²) in [5.41, 5.74) is 6.01. The number of imidazole rings is 1. The van der Waals surface area contributed by atoms with Crippen LogP contribution in [0.15, 0.2) is 42.7 Å². The first-order chi connectivity index (χ1) is 9.54. The van der Waals surface area contributed by atoms with E-state index in [1.165, 1.54) is 7.11 Å². The molecule has 0 aliphatic heterocycles. The van der Waals surface area contributed by atoms with E-state index in [1.54, 1.807) is 13.1 Å². The molecule has 0 spiro atoms. The maximum absolute atomic E-state index is 11.6. The molecule has 0 saturated carbocycles. The van der Waals surface area contributed by atoms with Crippen LogP contribution >= 0.6 is 0 Å². The van der Waals surface area contributed by atoms with Crippen LogP contribution in [0.25, 0.3) is 11.4 Å². The predicted octanol–water partition coefficient (Wildman–Crippen LogP) is 1.83. The molecule has 2 N–H and O–H groups in total. The second-order valence-corrected chi connectivity index (χ2v) is 4.97. The van der Waals surface area contributed by atoms with Crippen molar-refractivity contribution in [2.75, 3.05) is 7.11 Å². The van der Waals surface area contributed by atoms with Gasteiger partial charge >= 0.3 is 5.97 Å². The maximum Gasteiger partial charge on any atom is 0.325 e. The zero-order chi connectivity index (χ0) is 14.6. The lowest BCUT2D eigenvalue weighted by atomic mass is 9.99. The molecule has 0 fully saturated rings. The van der Waals surface area contributed by atoms with E-state index >= 15 is 0 Å². The molecule has 0 saturated heterocycles. The second-order valence-electron chi connectivity index (χ2n) is 4.97. The number of nitrogens with zero attached hydrogens (tertiary/aromatic N) is 2. The van der Waals surface area contributed by atoms with E-state index in [0.29, 0.717) is 13.0 Å². The summed E-state index contributed by atoms with van der Waals surface area (Å²) in [4.78, 5) is 15.9. The Morgan fingerprint density at radius 2 is 2.10 bits per heavy atom. The summed E-state index contributed by atoms with van der Waals surface area (Å²) in [6, 6.07) is 9.90. The van der Waals surface area contributed by atoms with Crippen LogP contribution < -0.4 is 5.73 Å². The molecule has 2 aromatic rings. The zero-order valence-electron chi connectivity index (χ0n) is 11.7. The number of hydrogen-bond donors (Lipinski definition) is 1. The molecule has 106 valence electrons. The fourth-order valence-electron chi connectivity index (χ4n) is 2.03. The second kappa shape index (κ2) is 5.88. The third kappa shape index (κ3) is 3.05. The van der Waals surface area contributed by atoms with E-state index in [4.69, 9.17) is 10.5 Å². The molecule has 1 heterocycles. The van der Waals surface area contributed by atoms with Crippen molar-refractivity contribution in [3.8, 4) is 11.4 Å². The first kappa shape index (κ1) is 14.3. The summed E-state index contributed by atoms with van der Waals surface area (Å²) in [5, 5.41) is 0. The molecule has 5 heteroatoms. The number of hydrogen-bond acceptors (Lipinski definition) is 4. The Balaban J connectivity index is 2.13. The van der Waals surface area contributed by atoms with Gasteiger partial charge in [0.15, 0.2) is 0 Å². The highest BCUT2D eigenvalue weighted by atomic mass is 16.5. The highest BCUT2D eigenvalue weighted by Gasteiger charge is 2.29. The molecule has 1 unspecified atom stereocenters. The van der Waals surface area contributed by atoms with Gasteiger partial charge < -0.3 is 15.0 Å². The standard InChI is InChI=1S/C15H19N3O2/c1-15(16,14(19)20-2)8-10-18-11-9-17-13(18)12-6-4-3-5-7-12/h3-7,9,11H,8,10,16H2,1-2H3. The van der Waals surface area contributed by atoms with Crippen LogP contribution in [-0.4, -0.2) is 28.2 Å². The van der Waals surface area contributed by atoms with E-state index in [0.717, 1.165) is 11.4 Å². The van der Waals surface area contributed by atoms with Crippen LogP contribution in [0.3, 0.4) is 0 Å². The van der Waals surface area contributed by atoms with Crippen molar-refractivity contribution >= 4 is 5.97 Å². The van der Waals surface area contributed by atoms with Gasteiger partial charge in [-0.25, -0.2) is 4.98 Å². The minimum absolute atomic E-state index is 0.404. The molecule has 0 bridgehead atoms.